The van der Waals surface area contributed by atoms with Gasteiger partial charge in [-0.3, -0.25) is 0 Å². The van der Waals surface area contributed by atoms with E-state index in [-0.39, 0.29) is 6.10 Å². The smallest absolute Gasteiger partial charge is 0.345 e. The summed E-state index contributed by atoms with van der Waals surface area (Å²) in [6.45, 7) is 4.26. The lowest BCUT2D eigenvalue weighted by Crippen LogP contribution is -1.97. The fourth-order valence-electron chi connectivity index (χ4n) is 3.54. The van der Waals surface area contributed by atoms with Crippen LogP contribution < -0.4 is 0 Å². The minimum atomic E-state index is -0.822. The molecule has 0 amide bonds. The molecule has 0 fully saturated rings. The summed E-state index contributed by atoms with van der Waals surface area (Å²) in [5.74, 6) is -0.822. The Balaban J connectivity index is 0.000000248. The number of unbranched alkanes of at least 4 members (excludes halogenated alkanes) is 2. The molecule has 0 bridgehead atoms. The van der Waals surface area contributed by atoms with Gasteiger partial charge in [0.1, 0.15) is 4.88 Å². The number of carboxylic acid groups (broad SMARTS) is 1. The molecular weight excluding hydrogens is 416 g/mol. The van der Waals surface area contributed by atoms with Crippen molar-refractivity contribution in [2.75, 3.05) is 0 Å². The number of aromatic carboxylic acids is 1. The molecule has 0 aliphatic heterocycles. The highest BCUT2D eigenvalue weighted by Crippen LogP contribution is 2.36. The van der Waals surface area contributed by atoms with Gasteiger partial charge >= 0.3 is 5.97 Å². The summed E-state index contributed by atoms with van der Waals surface area (Å²) in [7, 11) is 0. The van der Waals surface area contributed by atoms with Crippen molar-refractivity contribution in [1.29, 1.82) is 0 Å². The van der Waals surface area contributed by atoms with Crippen LogP contribution >= 0.6 is 22.9 Å². The number of aliphatic hydroxyl groups is 1. The molecule has 1 aliphatic rings. The van der Waals surface area contributed by atoms with Crippen molar-refractivity contribution in [2.24, 2.45) is 0 Å². The summed E-state index contributed by atoms with van der Waals surface area (Å²) in [5, 5.41) is 19.7. The number of halogens is 1. The third kappa shape index (κ3) is 7.57. The lowest BCUT2D eigenvalue weighted by atomic mass is 9.99. The summed E-state index contributed by atoms with van der Waals surface area (Å²) in [6, 6.07) is 11.8. The second-order valence-corrected chi connectivity index (χ2v) is 9.32. The summed E-state index contributed by atoms with van der Waals surface area (Å²) in [5.41, 5.74) is 3.52. The van der Waals surface area contributed by atoms with Crippen molar-refractivity contribution in [3.05, 3.63) is 62.3 Å². The van der Waals surface area contributed by atoms with Gasteiger partial charge in [0.25, 0.3) is 0 Å². The Kier molecular flexibility index (Phi) is 10.6. The minimum Gasteiger partial charge on any atom is -0.477 e. The SMILES string of the molecule is CCCCC[C@@H](O)c1ccc(C2=C(Cl)CCC2)cc1.CCCc1ccc(C(=O)O)s1. The van der Waals surface area contributed by atoms with Crippen molar-refractivity contribution >= 4 is 34.5 Å². The topological polar surface area (TPSA) is 57.5 Å². The summed E-state index contributed by atoms with van der Waals surface area (Å²) >= 11 is 7.60. The van der Waals surface area contributed by atoms with E-state index in [1.165, 1.54) is 35.3 Å². The molecule has 5 heteroatoms. The first-order chi connectivity index (χ1) is 14.5. The van der Waals surface area contributed by atoms with Crippen molar-refractivity contribution in [3.63, 3.8) is 0 Å². The second kappa shape index (κ2) is 12.9. The van der Waals surface area contributed by atoms with Crippen LogP contribution in [0.2, 0.25) is 0 Å². The summed E-state index contributed by atoms with van der Waals surface area (Å²) in [6.07, 6.45) is 9.32. The normalized spacial score (nSPS) is 14.4. The van der Waals surface area contributed by atoms with Gasteiger partial charge in [0.05, 0.1) is 6.10 Å². The number of thiophene rings is 1. The number of rotatable bonds is 9. The molecule has 0 saturated carbocycles. The number of carbonyl (C=O) groups is 1. The average Bonchev–Trinajstić information content (AvgIpc) is 3.38. The van der Waals surface area contributed by atoms with Gasteiger partial charge in [0, 0.05) is 9.91 Å². The van der Waals surface area contributed by atoms with E-state index in [0.29, 0.717) is 4.88 Å². The first-order valence-electron chi connectivity index (χ1n) is 10.9. The van der Waals surface area contributed by atoms with Gasteiger partial charge in [-0.25, -0.2) is 4.79 Å². The van der Waals surface area contributed by atoms with Crippen LogP contribution in [-0.4, -0.2) is 16.2 Å². The van der Waals surface area contributed by atoms with Crippen LogP contribution in [0, 0.1) is 0 Å². The zero-order valence-electron chi connectivity index (χ0n) is 18.0. The Bertz CT molecular complexity index is 823. The van der Waals surface area contributed by atoms with Crippen LogP contribution in [0.15, 0.2) is 41.4 Å². The van der Waals surface area contributed by atoms with Crippen molar-refractivity contribution in [2.45, 2.75) is 77.7 Å². The zero-order valence-corrected chi connectivity index (χ0v) is 19.6. The molecule has 1 atom stereocenters. The van der Waals surface area contributed by atoms with Gasteiger partial charge in [0.2, 0.25) is 0 Å². The third-order valence-electron chi connectivity index (χ3n) is 5.24. The molecule has 0 unspecified atom stereocenters. The Morgan fingerprint density at radius 3 is 2.33 bits per heavy atom. The highest BCUT2D eigenvalue weighted by Gasteiger charge is 2.15. The Morgan fingerprint density at radius 2 is 1.80 bits per heavy atom. The van der Waals surface area contributed by atoms with E-state index in [2.05, 4.69) is 26.0 Å². The van der Waals surface area contributed by atoms with Gasteiger partial charge in [-0.15, -0.1) is 11.3 Å². The molecule has 3 rings (SSSR count). The van der Waals surface area contributed by atoms with Crippen LogP contribution in [0.5, 0.6) is 0 Å². The average molecular weight is 449 g/mol. The molecule has 2 aromatic rings. The monoisotopic (exact) mass is 448 g/mol. The first kappa shape index (κ1) is 24.6. The predicted octanol–water partition coefficient (Wildman–Crippen LogP) is 7.83. The maximum absolute atomic E-state index is 10.4. The number of benzene rings is 1. The number of hydrogen-bond donors (Lipinski definition) is 2. The fourth-order valence-corrected chi connectivity index (χ4v) is 4.83. The molecule has 2 N–H and O–H groups in total. The third-order valence-corrected chi connectivity index (χ3v) is 6.79. The second-order valence-electron chi connectivity index (χ2n) is 7.69. The maximum Gasteiger partial charge on any atom is 0.345 e. The Morgan fingerprint density at radius 1 is 1.07 bits per heavy atom. The Hall–Kier alpha value is -1.62. The van der Waals surface area contributed by atoms with Gasteiger partial charge in [-0.2, -0.15) is 0 Å². The molecule has 1 aromatic carbocycles. The van der Waals surface area contributed by atoms with E-state index < -0.39 is 5.97 Å². The van der Waals surface area contributed by atoms with Crippen molar-refractivity contribution < 1.29 is 15.0 Å². The quantitative estimate of drug-likeness (QED) is 0.384. The molecule has 0 spiro atoms. The maximum atomic E-state index is 10.4. The lowest BCUT2D eigenvalue weighted by molar-refractivity contribution is 0.0702. The number of carboxylic acids is 1. The molecule has 30 heavy (non-hydrogen) atoms. The van der Waals surface area contributed by atoms with Crippen molar-refractivity contribution in [3.8, 4) is 0 Å². The van der Waals surface area contributed by atoms with Gasteiger partial charge < -0.3 is 10.2 Å². The number of hydrogen-bond acceptors (Lipinski definition) is 3. The molecule has 3 nitrogen and oxygen atoms in total. The van der Waals surface area contributed by atoms with E-state index in [1.54, 1.807) is 6.07 Å². The molecule has 1 heterocycles. The highest BCUT2D eigenvalue weighted by molar-refractivity contribution is 7.13. The fraction of sp³-hybridized carbons (Fsp3) is 0.480. The van der Waals surface area contributed by atoms with Gasteiger partial charge in [0.15, 0.2) is 0 Å². The zero-order chi connectivity index (χ0) is 21.9. The largest absolute Gasteiger partial charge is 0.477 e. The van der Waals surface area contributed by atoms with Crippen LogP contribution in [0.25, 0.3) is 5.57 Å². The predicted molar refractivity (Wildman–Crippen MR) is 127 cm³/mol. The van der Waals surface area contributed by atoms with Gasteiger partial charge in [-0.1, -0.05) is 75.4 Å². The Labute approximate surface area is 189 Å². The standard InChI is InChI=1S/C17H23ClO.C8H10O2S/c1-2-3-4-8-17(19)14-11-9-13(10-12-14)15-6-5-7-16(15)18;1-2-3-6-4-5-7(11-6)8(9)10/h9-12,17,19H,2-8H2,1H3;4-5H,2-3H2,1H3,(H,9,10)/t17-;/m1./s1. The van der Waals surface area contributed by atoms with E-state index >= 15 is 0 Å². The molecule has 0 saturated heterocycles. The molecule has 1 aliphatic carbocycles. The van der Waals surface area contributed by atoms with E-state index in [0.717, 1.165) is 60.4 Å². The van der Waals surface area contributed by atoms with E-state index in [9.17, 15) is 9.90 Å². The first-order valence-corrected chi connectivity index (χ1v) is 12.1. The van der Waals surface area contributed by atoms with Crippen LogP contribution in [-0.2, 0) is 6.42 Å². The minimum absolute atomic E-state index is 0.325. The number of allylic oxidation sites excluding steroid dienone is 2. The van der Waals surface area contributed by atoms with Crippen molar-refractivity contribution in [1.82, 2.24) is 0 Å². The number of aliphatic hydroxyl groups excluding tert-OH is 1. The molecule has 164 valence electrons. The summed E-state index contributed by atoms with van der Waals surface area (Å²) < 4.78 is 0. The molecular formula is C25H33ClO3S. The molecule has 0 radical (unpaired) electrons. The lowest BCUT2D eigenvalue weighted by Gasteiger charge is -2.12. The molecule has 1 aromatic heterocycles. The van der Waals surface area contributed by atoms with Crippen LogP contribution in [0.4, 0.5) is 0 Å². The highest BCUT2D eigenvalue weighted by atomic mass is 35.5. The van der Waals surface area contributed by atoms with Gasteiger partial charge in [-0.05, 0) is 60.9 Å². The number of aryl methyl sites for hydroxylation is 1. The van der Waals surface area contributed by atoms with E-state index in [1.807, 2.05) is 18.2 Å². The van der Waals surface area contributed by atoms with Crippen LogP contribution in [0.3, 0.4) is 0 Å². The van der Waals surface area contributed by atoms with Crippen LogP contribution in [0.1, 0.15) is 97.0 Å². The van der Waals surface area contributed by atoms with E-state index in [4.69, 9.17) is 16.7 Å². The summed E-state index contributed by atoms with van der Waals surface area (Å²) in [4.78, 5) is 12.0.